The summed E-state index contributed by atoms with van der Waals surface area (Å²) in [6.07, 6.45) is 8.00. The highest BCUT2D eigenvalue weighted by Gasteiger charge is 2.27. The molecule has 0 bridgehead atoms. The van der Waals surface area contributed by atoms with E-state index in [0.717, 1.165) is 55.5 Å². The van der Waals surface area contributed by atoms with Crippen LogP contribution in [0, 0.1) is 0 Å². The van der Waals surface area contributed by atoms with E-state index in [-0.39, 0.29) is 11.9 Å². The molecule has 0 unspecified atom stereocenters. The highest BCUT2D eigenvalue weighted by Crippen LogP contribution is 2.26. The molecule has 0 spiro atoms. The molecule has 1 aliphatic carbocycles. The summed E-state index contributed by atoms with van der Waals surface area (Å²) in [5, 5.41) is 2.87. The van der Waals surface area contributed by atoms with E-state index in [1.807, 2.05) is 17.9 Å². The van der Waals surface area contributed by atoms with Gasteiger partial charge in [0.1, 0.15) is 12.4 Å². The number of benzene rings is 1. The fourth-order valence-electron chi connectivity index (χ4n) is 5.23. The van der Waals surface area contributed by atoms with Crippen LogP contribution in [0.1, 0.15) is 56.6 Å². The number of nitrogens with zero attached hydrogens (tertiary/aromatic N) is 3. The minimum atomic E-state index is -0.0584. The number of aryl methyl sites for hydroxylation is 1. The molecule has 2 fully saturated rings. The Morgan fingerprint density at radius 3 is 2.56 bits per heavy atom. The second kappa shape index (κ2) is 11.0. The molecule has 7 heteroatoms. The molecular formula is C25H38N4O3. The minimum absolute atomic E-state index is 0.0584. The van der Waals surface area contributed by atoms with Crippen molar-refractivity contribution in [3.8, 4) is 5.75 Å². The van der Waals surface area contributed by atoms with Crippen LogP contribution in [0.15, 0.2) is 18.2 Å². The van der Waals surface area contributed by atoms with Crippen LogP contribution in [-0.2, 0) is 17.8 Å². The van der Waals surface area contributed by atoms with Gasteiger partial charge in [0.15, 0.2) is 0 Å². The lowest BCUT2D eigenvalue weighted by atomic mass is 9.94. The van der Waals surface area contributed by atoms with Crippen molar-refractivity contribution in [2.24, 2.45) is 0 Å². The van der Waals surface area contributed by atoms with E-state index in [1.54, 1.807) is 4.90 Å². The topological polar surface area (TPSA) is 65.1 Å². The van der Waals surface area contributed by atoms with E-state index in [9.17, 15) is 9.59 Å². The Hall–Kier alpha value is -2.28. The summed E-state index contributed by atoms with van der Waals surface area (Å²) in [5.74, 6) is 1.09. The number of carbonyl (C=O) groups excluding carboxylic acids is 2. The predicted molar refractivity (Wildman–Crippen MR) is 125 cm³/mol. The van der Waals surface area contributed by atoms with Gasteiger partial charge >= 0.3 is 6.03 Å². The number of carbonyl (C=O) groups is 2. The van der Waals surface area contributed by atoms with Gasteiger partial charge in [0.05, 0.1) is 13.1 Å². The first kappa shape index (κ1) is 22.9. The summed E-state index contributed by atoms with van der Waals surface area (Å²) < 4.78 is 5.84. The molecule has 1 aromatic carbocycles. The van der Waals surface area contributed by atoms with Gasteiger partial charge in [-0.3, -0.25) is 9.69 Å². The van der Waals surface area contributed by atoms with E-state index in [2.05, 4.69) is 22.3 Å². The van der Waals surface area contributed by atoms with Gasteiger partial charge < -0.3 is 19.9 Å². The van der Waals surface area contributed by atoms with Crippen molar-refractivity contribution in [2.45, 2.75) is 64.5 Å². The van der Waals surface area contributed by atoms with Crippen molar-refractivity contribution >= 4 is 11.9 Å². The van der Waals surface area contributed by atoms with Gasteiger partial charge in [-0.1, -0.05) is 31.4 Å². The lowest BCUT2D eigenvalue weighted by Gasteiger charge is -2.40. The third-order valence-electron chi connectivity index (χ3n) is 7.11. The zero-order valence-electron chi connectivity index (χ0n) is 19.5. The van der Waals surface area contributed by atoms with Crippen molar-refractivity contribution in [3.63, 3.8) is 0 Å². The summed E-state index contributed by atoms with van der Waals surface area (Å²) >= 11 is 0. The number of nitrogens with one attached hydrogen (secondary N) is 1. The average Bonchev–Trinajstić information content (AvgIpc) is 3.05. The molecule has 32 heavy (non-hydrogen) atoms. The third-order valence-corrected chi connectivity index (χ3v) is 7.11. The first-order valence-electron chi connectivity index (χ1n) is 12.4. The minimum Gasteiger partial charge on any atom is -0.491 e. The number of piperazine rings is 1. The van der Waals surface area contributed by atoms with Gasteiger partial charge in [-0.05, 0) is 37.8 Å². The fraction of sp³-hybridized carbons (Fsp3) is 0.680. The Morgan fingerprint density at radius 2 is 1.81 bits per heavy atom. The van der Waals surface area contributed by atoms with Crippen LogP contribution < -0.4 is 10.1 Å². The first-order chi connectivity index (χ1) is 15.6. The number of hydrogen-bond acceptors (Lipinski definition) is 4. The molecule has 2 heterocycles. The van der Waals surface area contributed by atoms with Crippen LogP contribution in [0.5, 0.6) is 5.75 Å². The van der Waals surface area contributed by atoms with Crippen LogP contribution in [0.25, 0.3) is 0 Å². The van der Waals surface area contributed by atoms with Crippen LogP contribution in [-0.4, -0.2) is 78.6 Å². The van der Waals surface area contributed by atoms with Gasteiger partial charge in [0.2, 0.25) is 5.91 Å². The van der Waals surface area contributed by atoms with E-state index in [0.29, 0.717) is 32.7 Å². The Balaban J connectivity index is 1.28. The van der Waals surface area contributed by atoms with Gasteiger partial charge in [-0.15, -0.1) is 0 Å². The Morgan fingerprint density at radius 1 is 1.03 bits per heavy atom. The molecule has 0 aromatic heterocycles. The summed E-state index contributed by atoms with van der Waals surface area (Å²) in [5.41, 5.74) is 2.14. The standard InChI is InChI=1S/C25H38N4O3/c1-2-26-25(31)29-16-17-32-23-10-8-20(18-21(23)19-29)9-11-24(30)28-14-12-27(13-15-28)22-6-4-3-5-7-22/h8,10,18,22H,2-7,9,11-17,19H2,1H3,(H,26,31). The van der Waals surface area contributed by atoms with Crippen LogP contribution in [0.4, 0.5) is 4.79 Å². The molecule has 0 radical (unpaired) electrons. The first-order valence-corrected chi connectivity index (χ1v) is 12.4. The summed E-state index contributed by atoms with van der Waals surface area (Å²) in [4.78, 5) is 31.5. The fourth-order valence-corrected chi connectivity index (χ4v) is 5.23. The number of ether oxygens (including phenoxy) is 1. The van der Waals surface area contributed by atoms with Crippen molar-refractivity contribution in [3.05, 3.63) is 29.3 Å². The summed E-state index contributed by atoms with van der Waals surface area (Å²) in [6, 6.07) is 6.81. The number of urea groups is 1. The Bertz CT molecular complexity index is 785. The summed E-state index contributed by atoms with van der Waals surface area (Å²) in [7, 11) is 0. The zero-order valence-corrected chi connectivity index (χ0v) is 19.5. The van der Waals surface area contributed by atoms with E-state index in [1.165, 1.54) is 32.1 Å². The zero-order chi connectivity index (χ0) is 22.3. The largest absolute Gasteiger partial charge is 0.491 e. The molecule has 4 rings (SSSR count). The van der Waals surface area contributed by atoms with Gasteiger partial charge in [0, 0.05) is 50.7 Å². The number of fused-ring (bicyclic) bond motifs is 1. The number of rotatable bonds is 5. The normalized spacial score (nSPS) is 20.3. The highest BCUT2D eigenvalue weighted by atomic mass is 16.5. The van der Waals surface area contributed by atoms with E-state index < -0.39 is 0 Å². The number of amides is 3. The lowest BCUT2D eigenvalue weighted by Crippen LogP contribution is -2.52. The van der Waals surface area contributed by atoms with Crippen molar-refractivity contribution in [1.82, 2.24) is 20.0 Å². The smallest absolute Gasteiger partial charge is 0.317 e. The maximum absolute atomic E-state index is 12.8. The molecule has 176 valence electrons. The van der Waals surface area contributed by atoms with E-state index >= 15 is 0 Å². The van der Waals surface area contributed by atoms with Crippen molar-refractivity contribution < 1.29 is 14.3 Å². The molecule has 3 amide bonds. The lowest BCUT2D eigenvalue weighted by molar-refractivity contribution is -0.133. The molecule has 1 aromatic rings. The SMILES string of the molecule is CCNC(=O)N1CCOc2ccc(CCC(=O)N3CCN(C4CCCCC4)CC3)cc2C1. The average molecular weight is 443 g/mol. The Kier molecular flexibility index (Phi) is 7.90. The monoisotopic (exact) mass is 442 g/mol. The Labute approximate surface area is 192 Å². The van der Waals surface area contributed by atoms with Crippen LogP contribution in [0.2, 0.25) is 0 Å². The third kappa shape index (κ3) is 5.74. The second-order valence-electron chi connectivity index (χ2n) is 9.26. The van der Waals surface area contributed by atoms with Crippen molar-refractivity contribution in [1.29, 1.82) is 0 Å². The maximum atomic E-state index is 12.8. The second-order valence-corrected chi connectivity index (χ2v) is 9.26. The molecule has 1 saturated heterocycles. The molecular weight excluding hydrogens is 404 g/mol. The summed E-state index contributed by atoms with van der Waals surface area (Å²) in [6.45, 7) is 7.88. The van der Waals surface area contributed by atoms with Crippen LogP contribution in [0.3, 0.4) is 0 Å². The molecule has 7 nitrogen and oxygen atoms in total. The van der Waals surface area contributed by atoms with Gasteiger partial charge in [-0.25, -0.2) is 4.79 Å². The molecule has 0 atom stereocenters. The number of hydrogen-bond donors (Lipinski definition) is 1. The molecule has 2 aliphatic heterocycles. The highest BCUT2D eigenvalue weighted by molar-refractivity contribution is 5.76. The molecule has 1 saturated carbocycles. The predicted octanol–water partition coefficient (Wildman–Crippen LogP) is 3.02. The van der Waals surface area contributed by atoms with Gasteiger partial charge in [-0.2, -0.15) is 0 Å². The van der Waals surface area contributed by atoms with Crippen LogP contribution >= 0.6 is 0 Å². The van der Waals surface area contributed by atoms with Gasteiger partial charge in [0.25, 0.3) is 0 Å². The maximum Gasteiger partial charge on any atom is 0.317 e. The van der Waals surface area contributed by atoms with Crippen molar-refractivity contribution in [2.75, 3.05) is 45.9 Å². The van der Waals surface area contributed by atoms with E-state index in [4.69, 9.17) is 4.74 Å². The molecule has 3 aliphatic rings. The quantitative estimate of drug-likeness (QED) is 0.761. The molecule has 1 N–H and O–H groups in total.